The van der Waals surface area contributed by atoms with Crippen molar-refractivity contribution in [3.05, 3.63) is 53.2 Å². The molecule has 21 heavy (non-hydrogen) atoms. The van der Waals surface area contributed by atoms with Gasteiger partial charge in [0.15, 0.2) is 0 Å². The third kappa shape index (κ3) is 2.28. The molecule has 0 aliphatic rings. The lowest BCUT2D eigenvalue weighted by atomic mass is 10.2. The molecule has 0 fully saturated rings. The molecule has 3 N–H and O–H groups in total. The second-order valence-corrected chi connectivity index (χ2v) is 7.22. The first-order valence-electron chi connectivity index (χ1n) is 6.27. The number of fused-ring (bicyclic) bond motifs is 1. The molecular weight excluding hydrogens is 308 g/mol. The van der Waals surface area contributed by atoms with Crippen LogP contribution in [-0.4, -0.2) is 13.4 Å². The maximum absolute atomic E-state index is 12.7. The van der Waals surface area contributed by atoms with Crippen LogP contribution in [0.25, 0.3) is 10.9 Å². The van der Waals surface area contributed by atoms with E-state index in [1.54, 1.807) is 30.3 Å². The summed E-state index contributed by atoms with van der Waals surface area (Å²) in [6.45, 7) is 1.83. The molecule has 1 heterocycles. The highest BCUT2D eigenvalue weighted by atomic mass is 35.5. The second kappa shape index (κ2) is 4.79. The number of nitrogens with one attached hydrogen (secondary N) is 1. The zero-order valence-corrected chi connectivity index (χ0v) is 12.8. The highest BCUT2D eigenvalue weighted by molar-refractivity contribution is 7.91. The maximum Gasteiger partial charge on any atom is 0.208 e. The summed E-state index contributed by atoms with van der Waals surface area (Å²) in [5.41, 5.74) is 7.80. The summed E-state index contributed by atoms with van der Waals surface area (Å²) < 4.78 is 25.5. The van der Waals surface area contributed by atoms with E-state index in [1.807, 2.05) is 6.92 Å². The quantitative estimate of drug-likeness (QED) is 0.709. The number of nitrogen functional groups attached to an aromatic ring is 1. The number of nitrogens with two attached hydrogens (primary N) is 1. The zero-order chi connectivity index (χ0) is 15.2. The predicted molar refractivity (Wildman–Crippen MR) is 84.4 cm³/mol. The van der Waals surface area contributed by atoms with Crippen LogP contribution in [0.3, 0.4) is 0 Å². The summed E-state index contributed by atoms with van der Waals surface area (Å²) in [5, 5.41) is 1.16. The van der Waals surface area contributed by atoms with Crippen LogP contribution in [0, 0.1) is 6.92 Å². The van der Waals surface area contributed by atoms with Gasteiger partial charge in [-0.3, -0.25) is 0 Å². The standard InChI is InChI=1S/C15H13ClN2O2S/c1-9-2-4-11(7-13(9)17)21(19,20)15-8-18-14-6-10(16)3-5-12(14)15/h2-8,18H,17H2,1H3. The van der Waals surface area contributed by atoms with Gasteiger partial charge in [0.05, 0.1) is 9.79 Å². The molecule has 0 aliphatic heterocycles. The minimum absolute atomic E-state index is 0.182. The average molecular weight is 321 g/mol. The molecule has 0 aliphatic carbocycles. The van der Waals surface area contributed by atoms with E-state index in [0.717, 1.165) is 5.56 Å². The highest BCUT2D eigenvalue weighted by Crippen LogP contribution is 2.30. The van der Waals surface area contributed by atoms with E-state index in [-0.39, 0.29) is 9.79 Å². The van der Waals surface area contributed by atoms with E-state index < -0.39 is 9.84 Å². The number of aromatic nitrogens is 1. The fourth-order valence-electron chi connectivity index (χ4n) is 2.21. The van der Waals surface area contributed by atoms with Crippen LogP contribution in [0.5, 0.6) is 0 Å². The maximum atomic E-state index is 12.7. The molecule has 0 saturated carbocycles. The van der Waals surface area contributed by atoms with Crippen molar-refractivity contribution in [3.8, 4) is 0 Å². The van der Waals surface area contributed by atoms with E-state index >= 15 is 0 Å². The Morgan fingerprint density at radius 2 is 1.90 bits per heavy atom. The van der Waals surface area contributed by atoms with Gasteiger partial charge in [-0.25, -0.2) is 8.42 Å². The molecular formula is C15H13ClN2O2S. The summed E-state index contributed by atoms with van der Waals surface area (Å²) in [4.78, 5) is 3.34. The van der Waals surface area contributed by atoms with Gasteiger partial charge in [0.25, 0.3) is 0 Å². The third-order valence-corrected chi connectivity index (χ3v) is 5.48. The van der Waals surface area contributed by atoms with Gasteiger partial charge in [-0.1, -0.05) is 23.7 Å². The van der Waals surface area contributed by atoms with Crippen LogP contribution in [0.4, 0.5) is 5.69 Å². The fourth-order valence-corrected chi connectivity index (χ4v) is 3.84. The largest absolute Gasteiger partial charge is 0.398 e. The summed E-state index contributed by atoms with van der Waals surface area (Å²) in [7, 11) is -3.63. The average Bonchev–Trinajstić information content (AvgIpc) is 2.85. The van der Waals surface area contributed by atoms with Crippen LogP contribution >= 0.6 is 11.6 Å². The van der Waals surface area contributed by atoms with Crippen molar-refractivity contribution in [2.75, 3.05) is 5.73 Å². The molecule has 6 heteroatoms. The van der Waals surface area contributed by atoms with Crippen molar-refractivity contribution in [1.29, 1.82) is 0 Å². The minimum atomic E-state index is -3.63. The monoisotopic (exact) mass is 320 g/mol. The van der Waals surface area contributed by atoms with Gasteiger partial charge in [0.1, 0.15) is 0 Å². The van der Waals surface area contributed by atoms with Gasteiger partial charge in [0.2, 0.25) is 9.84 Å². The number of hydrogen-bond acceptors (Lipinski definition) is 3. The SMILES string of the molecule is Cc1ccc(S(=O)(=O)c2c[nH]c3cc(Cl)ccc23)cc1N. The lowest BCUT2D eigenvalue weighted by Crippen LogP contribution is -2.03. The number of hydrogen-bond donors (Lipinski definition) is 2. The van der Waals surface area contributed by atoms with Crippen molar-refractivity contribution in [3.63, 3.8) is 0 Å². The zero-order valence-electron chi connectivity index (χ0n) is 11.2. The van der Waals surface area contributed by atoms with Gasteiger partial charge >= 0.3 is 0 Å². The number of benzene rings is 2. The molecule has 3 rings (SSSR count). The second-order valence-electron chi connectivity index (χ2n) is 4.86. The molecule has 0 bridgehead atoms. The van der Waals surface area contributed by atoms with Gasteiger partial charge < -0.3 is 10.7 Å². The number of rotatable bonds is 2. The van der Waals surface area contributed by atoms with Gasteiger partial charge in [0, 0.05) is 27.8 Å². The molecule has 4 nitrogen and oxygen atoms in total. The van der Waals surface area contributed by atoms with Gasteiger partial charge in [-0.2, -0.15) is 0 Å². The van der Waals surface area contributed by atoms with Crippen molar-refractivity contribution in [2.45, 2.75) is 16.7 Å². The molecule has 0 saturated heterocycles. The third-order valence-electron chi connectivity index (χ3n) is 3.46. The molecule has 1 aromatic heterocycles. The molecule has 0 unspecified atom stereocenters. The smallest absolute Gasteiger partial charge is 0.208 e. The molecule has 0 radical (unpaired) electrons. The van der Waals surface area contributed by atoms with Crippen LogP contribution < -0.4 is 5.73 Å². The van der Waals surface area contributed by atoms with Crippen molar-refractivity contribution in [1.82, 2.24) is 4.98 Å². The summed E-state index contributed by atoms with van der Waals surface area (Å²) in [6, 6.07) is 9.81. The number of sulfone groups is 1. The lowest BCUT2D eigenvalue weighted by Gasteiger charge is -2.06. The molecule has 2 aromatic carbocycles. The number of H-pyrrole nitrogens is 1. The Balaban J connectivity index is 2.22. The normalized spacial score (nSPS) is 11.9. The van der Waals surface area contributed by atoms with E-state index in [9.17, 15) is 8.42 Å². The lowest BCUT2D eigenvalue weighted by molar-refractivity contribution is 0.597. The summed E-state index contributed by atoms with van der Waals surface area (Å²) >= 11 is 5.91. The Hall–Kier alpha value is -1.98. The van der Waals surface area contributed by atoms with Crippen molar-refractivity contribution in [2.24, 2.45) is 0 Å². The predicted octanol–water partition coefficient (Wildman–Crippen LogP) is 3.54. The first kappa shape index (κ1) is 14.0. The molecule has 0 atom stereocenters. The van der Waals surface area contributed by atoms with E-state index in [1.165, 1.54) is 12.3 Å². The fraction of sp³-hybridized carbons (Fsp3) is 0.0667. The number of aryl methyl sites for hydroxylation is 1. The minimum Gasteiger partial charge on any atom is -0.398 e. The highest BCUT2D eigenvalue weighted by Gasteiger charge is 2.22. The molecule has 0 spiro atoms. The summed E-state index contributed by atoms with van der Waals surface area (Å²) in [5.74, 6) is 0. The van der Waals surface area contributed by atoms with Crippen molar-refractivity contribution < 1.29 is 8.42 Å². The Bertz CT molecular complexity index is 945. The molecule has 3 aromatic rings. The molecule has 0 amide bonds. The first-order chi connectivity index (χ1) is 9.89. The van der Waals surface area contributed by atoms with Crippen LogP contribution in [0.15, 0.2) is 52.4 Å². The van der Waals surface area contributed by atoms with Crippen LogP contribution in [0.1, 0.15) is 5.56 Å². The summed E-state index contributed by atoms with van der Waals surface area (Å²) in [6.07, 6.45) is 1.48. The first-order valence-corrected chi connectivity index (χ1v) is 8.13. The number of aromatic amines is 1. The van der Waals surface area contributed by atoms with E-state index in [0.29, 0.717) is 21.6 Å². The van der Waals surface area contributed by atoms with Crippen molar-refractivity contribution >= 4 is 38.0 Å². The van der Waals surface area contributed by atoms with E-state index in [4.69, 9.17) is 17.3 Å². The Kier molecular flexibility index (Phi) is 3.19. The van der Waals surface area contributed by atoms with Gasteiger partial charge in [-0.05, 0) is 36.8 Å². The van der Waals surface area contributed by atoms with E-state index in [2.05, 4.69) is 4.98 Å². The Labute approximate surface area is 127 Å². The topological polar surface area (TPSA) is 76.0 Å². The Morgan fingerprint density at radius 1 is 1.14 bits per heavy atom. The van der Waals surface area contributed by atoms with Crippen LogP contribution in [-0.2, 0) is 9.84 Å². The van der Waals surface area contributed by atoms with Gasteiger partial charge in [-0.15, -0.1) is 0 Å². The van der Waals surface area contributed by atoms with Crippen LogP contribution in [0.2, 0.25) is 5.02 Å². The Morgan fingerprint density at radius 3 is 2.62 bits per heavy atom. The number of anilines is 1. The number of halogens is 1. The molecule has 108 valence electrons.